The molecule has 2 N–H and O–H groups in total. The largest absolute Gasteiger partial charge is 0.453 e. The Labute approximate surface area is 131 Å². The first kappa shape index (κ1) is 16.1. The van der Waals surface area contributed by atoms with Gasteiger partial charge in [0.25, 0.3) is 0 Å². The van der Waals surface area contributed by atoms with Crippen molar-refractivity contribution in [2.45, 2.75) is 40.2 Å². The number of hydrogen-bond acceptors (Lipinski definition) is 4. The Morgan fingerprint density at radius 2 is 2.09 bits per heavy atom. The van der Waals surface area contributed by atoms with Crippen LogP contribution >= 0.6 is 0 Å². The molecule has 1 heterocycles. The van der Waals surface area contributed by atoms with Crippen LogP contribution in [0.25, 0.3) is 0 Å². The highest BCUT2D eigenvalue weighted by atomic mass is 16.5. The van der Waals surface area contributed by atoms with Crippen molar-refractivity contribution in [3.8, 4) is 17.6 Å². The van der Waals surface area contributed by atoms with Gasteiger partial charge in [0, 0.05) is 6.54 Å². The summed E-state index contributed by atoms with van der Waals surface area (Å²) in [6, 6.07) is 7.67. The standard InChI is InChI=1S/C17H22N4O/c1-4-16-17(13(3)21(20-16)7-5-6-18)22-15-9-12(2)8-14(10-15)11-19/h8-10H,4-7,18H2,1-3H3. The van der Waals surface area contributed by atoms with Crippen molar-refractivity contribution in [1.82, 2.24) is 9.78 Å². The van der Waals surface area contributed by atoms with Gasteiger partial charge in [-0.3, -0.25) is 4.68 Å². The van der Waals surface area contributed by atoms with Crippen LogP contribution < -0.4 is 10.5 Å². The molecule has 0 unspecified atom stereocenters. The minimum Gasteiger partial charge on any atom is -0.453 e. The molecular formula is C17H22N4O. The maximum atomic E-state index is 9.08. The second-order valence-corrected chi connectivity index (χ2v) is 5.33. The van der Waals surface area contributed by atoms with E-state index in [4.69, 9.17) is 15.7 Å². The zero-order chi connectivity index (χ0) is 16.1. The third kappa shape index (κ3) is 3.46. The monoisotopic (exact) mass is 298 g/mol. The molecular weight excluding hydrogens is 276 g/mol. The summed E-state index contributed by atoms with van der Waals surface area (Å²) >= 11 is 0. The third-order valence-corrected chi connectivity index (χ3v) is 3.53. The zero-order valence-corrected chi connectivity index (χ0v) is 13.4. The van der Waals surface area contributed by atoms with Gasteiger partial charge >= 0.3 is 0 Å². The molecule has 0 radical (unpaired) electrons. The van der Waals surface area contributed by atoms with Crippen molar-refractivity contribution < 1.29 is 4.74 Å². The summed E-state index contributed by atoms with van der Waals surface area (Å²) in [6.07, 6.45) is 1.68. The topological polar surface area (TPSA) is 76.9 Å². The Morgan fingerprint density at radius 1 is 1.32 bits per heavy atom. The fourth-order valence-electron chi connectivity index (χ4n) is 2.40. The fourth-order valence-corrected chi connectivity index (χ4v) is 2.40. The molecule has 0 atom stereocenters. The SMILES string of the molecule is CCc1nn(CCCN)c(C)c1Oc1cc(C)cc(C#N)c1. The van der Waals surface area contributed by atoms with E-state index in [2.05, 4.69) is 18.1 Å². The lowest BCUT2D eigenvalue weighted by atomic mass is 10.1. The van der Waals surface area contributed by atoms with E-state index < -0.39 is 0 Å². The van der Waals surface area contributed by atoms with Crippen LogP contribution in [0, 0.1) is 25.2 Å². The average Bonchev–Trinajstić information content (AvgIpc) is 2.80. The molecule has 0 aliphatic rings. The van der Waals surface area contributed by atoms with Gasteiger partial charge in [-0.25, -0.2) is 0 Å². The van der Waals surface area contributed by atoms with Crippen LogP contribution in [0.4, 0.5) is 0 Å². The maximum Gasteiger partial charge on any atom is 0.171 e. The highest BCUT2D eigenvalue weighted by Crippen LogP contribution is 2.30. The molecule has 0 saturated heterocycles. The minimum atomic E-state index is 0.598. The Hall–Kier alpha value is -2.32. The first-order valence-corrected chi connectivity index (χ1v) is 7.55. The smallest absolute Gasteiger partial charge is 0.171 e. The highest BCUT2D eigenvalue weighted by Gasteiger charge is 2.16. The first-order valence-electron chi connectivity index (χ1n) is 7.55. The first-order chi connectivity index (χ1) is 10.6. The maximum absolute atomic E-state index is 9.08. The molecule has 0 fully saturated rings. The van der Waals surface area contributed by atoms with Gasteiger partial charge in [0.1, 0.15) is 11.4 Å². The van der Waals surface area contributed by atoms with E-state index in [-0.39, 0.29) is 0 Å². The van der Waals surface area contributed by atoms with Crippen molar-refractivity contribution in [1.29, 1.82) is 5.26 Å². The van der Waals surface area contributed by atoms with Gasteiger partial charge in [-0.1, -0.05) is 6.92 Å². The molecule has 22 heavy (non-hydrogen) atoms. The number of nitrogens with zero attached hydrogens (tertiary/aromatic N) is 3. The molecule has 0 amide bonds. The summed E-state index contributed by atoms with van der Waals surface area (Å²) in [7, 11) is 0. The van der Waals surface area contributed by atoms with Crippen LogP contribution in [-0.2, 0) is 13.0 Å². The molecule has 5 heteroatoms. The summed E-state index contributed by atoms with van der Waals surface area (Å²) < 4.78 is 8.00. The van der Waals surface area contributed by atoms with Gasteiger partial charge in [-0.15, -0.1) is 0 Å². The summed E-state index contributed by atoms with van der Waals surface area (Å²) in [5, 5.41) is 13.7. The van der Waals surface area contributed by atoms with Crippen molar-refractivity contribution in [3.63, 3.8) is 0 Å². The Kier molecular flexibility index (Phi) is 5.18. The van der Waals surface area contributed by atoms with E-state index in [1.54, 1.807) is 6.07 Å². The molecule has 1 aromatic heterocycles. The predicted molar refractivity (Wildman–Crippen MR) is 86.0 cm³/mol. The van der Waals surface area contributed by atoms with Crippen molar-refractivity contribution >= 4 is 0 Å². The van der Waals surface area contributed by atoms with Crippen molar-refractivity contribution in [2.75, 3.05) is 6.54 Å². The van der Waals surface area contributed by atoms with Crippen LogP contribution in [0.2, 0.25) is 0 Å². The third-order valence-electron chi connectivity index (χ3n) is 3.53. The lowest BCUT2D eigenvalue weighted by Gasteiger charge is -2.08. The number of rotatable bonds is 6. The van der Waals surface area contributed by atoms with Crippen LogP contribution in [0.1, 0.15) is 35.9 Å². The second kappa shape index (κ2) is 7.10. The Bertz CT molecular complexity index is 697. The average molecular weight is 298 g/mol. The molecule has 0 saturated carbocycles. The Balaban J connectivity index is 2.34. The molecule has 2 aromatic rings. The molecule has 0 aliphatic heterocycles. The predicted octanol–water partition coefficient (Wildman–Crippen LogP) is 3.08. The fraction of sp³-hybridized carbons (Fsp3) is 0.412. The molecule has 1 aromatic carbocycles. The van der Waals surface area contributed by atoms with Gasteiger partial charge in [0.2, 0.25) is 0 Å². The summed E-state index contributed by atoms with van der Waals surface area (Å²) in [5.41, 5.74) is 9.09. The van der Waals surface area contributed by atoms with Crippen LogP contribution in [0.3, 0.4) is 0 Å². The molecule has 0 spiro atoms. The van der Waals surface area contributed by atoms with Crippen molar-refractivity contribution in [2.24, 2.45) is 5.73 Å². The molecule has 5 nitrogen and oxygen atoms in total. The number of nitrogens with two attached hydrogens (primary N) is 1. The van der Waals surface area contributed by atoms with Gasteiger partial charge < -0.3 is 10.5 Å². The number of aryl methyl sites for hydroxylation is 3. The van der Waals surface area contributed by atoms with E-state index in [9.17, 15) is 0 Å². The second-order valence-electron chi connectivity index (χ2n) is 5.33. The molecule has 0 aliphatic carbocycles. The van der Waals surface area contributed by atoms with Gasteiger partial charge in [0.15, 0.2) is 5.75 Å². The van der Waals surface area contributed by atoms with Crippen LogP contribution in [0.5, 0.6) is 11.5 Å². The van der Waals surface area contributed by atoms with Gasteiger partial charge in [-0.05, 0) is 57.0 Å². The van der Waals surface area contributed by atoms with E-state index in [0.29, 0.717) is 17.9 Å². The number of nitriles is 1. The lowest BCUT2D eigenvalue weighted by Crippen LogP contribution is -2.08. The van der Waals surface area contributed by atoms with Crippen LogP contribution in [0.15, 0.2) is 18.2 Å². The summed E-state index contributed by atoms with van der Waals surface area (Å²) in [5.74, 6) is 1.46. The highest BCUT2D eigenvalue weighted by molar-refractivity contribution is 5.44. The normalized spacial score (nSPS) is 10.5. The van der Waals surface area contributed by atoms with Crippen molar-refractivity contribution in [3.05, 3.63) is 40.7 Å². The zero-order valence-electron chi connectivity index (χ0n) is 13.4. The van der Waals surface area contributed by atoms with Crippen LogP contribution in [-0.4, -0.2) is 16.3 Å². The minimum absolute atomic E-state index is 0.598. The lowest BCUT2D eigenvalue weighted by molar-refractivity contribution is 0.470. The van der Waals surface area contributed by atoms with E-state index >= 15 is 0 Å². The quantitative estimate of drug-likeness (QED) is 0.889. The molecule has 2 rings (SSSR count). The number of ether oxygens (including phenoxy) is 1. The number of hydrogen-bond donors (Lipinski definition) is 1. The number of aromatic nitrogens is 2. The molecule has 116 valence electrons. The van der Waals surface area contributed by atoms with E-state index in [1.807, 2.05) is 30.7 Å². The van der Waals surface area contributed by atoms with Gasteiger partial charge in [0.05, 0.1) is 17.3 Å². The molecule has 0 bridgehead atoms. The van der Waals surface area contributed by atoms with E-state index in [0.717, 1.165) is 42.1 Å². The Morgan fingerprint density at radius 3 is 2.73 bits per heavy atom. The summed E-state index contributed by atoms with van der Waals surface area (Å²) in [6.45, 7) is 7.43. The summed E-state index contributed by atoms with van der Waals surface area (Å²) in [4.78, 5) is 0. The number of benzene rings is 1. The van der Waals surface area contributed by atoms with Gasteiger partial charge in [-0.2, -0.15) is 10.4 Å². The van der Waals surface area contributed by atoms with E-state index in [1.165, 1.54) is 0 Å².